The van der Waals surface area contributed by atoms with Crippen LogP contribution in [0.25, 0.3) is 0 Å². The predicted octanol–water partition coefficient (Wildman–Crippen LogP) is 3.22. The summed E-state index contributed by atoms with van der Waals surface area (Å²) in [6, 6.07) is 14.5. The van der Waals surface area contributed by atoms with E-state index < -0.39 is 0 Å². The van der Waals surface area contributed by atoms with E-state index in [0.717, 1.165) is 17.8 Å². The second-order valence-electron chi connectivity index (χ2n) is 5.28. The number of nitrogens with zero attached hydrogens (tertiary/aromatic N) is 1. The van der Waals surface area contributed by atoms with Gasteiger partial charge in [-0.1, -0.05) is 35.9 Å². The first-order valence-electron chi connectivity index (χ1n) is 6.69. The van der Waals surface area contributed by atoms with Gasteiger partial charge >= 0.3 is 0 Å². The van der Waals surface area contributed by atoms with Crippen LogP contribution in [0.1, 0.15) is 22.3 Å². The Kier molecular flexibility index (Phi) is 4.08. The van der Waals surface area contributed by atoms with Crippen LogP contribution in [0.2, 0.25) is 0 Å². The third kappa shape index (κ3) is 3.18. The molecule has 0 aliphatic rings. The second-order valence-corrected chi connectivity index (χ2v) is 5.28. The third-order valence-corrected chi connectivity index (χ3v) is 3.39. The lowest BCUT2D eigenvalue weighted by Gasteiger charge is -2.23. The maximum atomic E-state index is 7.70. The predicted molar refractivity (Wildman–Crippen MR) is 85.5 cm³/mol. The molecule has 20 heavy (non-hydrogen) atoms. The minimum Gasteiger partial charge on any atom is -0.384 e. The summed E-state index contributed by atoms with van der Waals surface area (Å²) in [5.74, 6) is 0.107. The van der Waals surface area contributed by atoms with Crippen molar-refractivity contribution < 1.29 is 0 Å². The van der Waals surface area contributed by atoms with Crippen molar-refractivity contribution in [3.63, 3.8) is 0 Å². The van der Waals surface area contributed by atoms with Crippen LogP contribution >= 0.6 is 0 Å². The molecule has 0 fully saturated rings. The van der Waals surface area contributed by atoms with Gasteiger partial charge in [-0.05, 0) is 37.1 Å². The van der Waals surface area contributed by atoms with E-state index in [-0.39, 0.29) is 5.84 Å². The molecular weight excluding hydrogens is 246 g/mol. The van der Waals surface area contributed by atoms with Crippen molar-refractivity contribution in [2.75, 3.05) is 11.9 Å². The maximum Gasteiger partial charge on any atom is 0.124 e. The van der Waals surface area contributed by atoms with Crippen LogP contribution in [0, 0.1) is 19.3 Å². The van der Waals surface area contributed by atoms with E-state index in [9.17, 15) is 0 Å². The summed E-state index contributed by atoms with van der Waals surface area (Å²) in [6.45, 7) is 4.93. The van der Waals surface area contributed by atoms with Crippen LogP contribution in [0.3, 0.4) is 0 Å². The number of rotatable bonds is 4. The van der Waals surface area contributed by atoms with Gasteiger partial charge in [0.2, 0.25) is 0 Å². The van der Waals surface area contributed by atoms with Crippen LogP contribution in [0.5, 0.6) is 0 Å². The lowest BCUT2D eigenvalue weighted by Crippen LogP contribution is -2.22. The molecule has 0 saturated heterocycles. The monoisotopic (exact) mass is 267 g/mol. The highest BCUT2D eigenvalue weighted by molar-refractivity contribution is 6.00. The number of aryl methyl sites for hydroxylation is 2. The molecule has 2 aromatic rings. The Balaban J connectivity index is 2.28. The molecule has 0 heterocycles. The molecule has 0 aliphatic heterocycles. The van der Waals surface area contributed by atoms with Crippen molar-refractivity contribution in [2.45, 2.75) is 20.4 Å². The van der Waals surface area contributed by atoms with Gasteiger partial charge in [-0.15, -0.1) is 0 Å². The highest BCUT2D eigenvalue weighted by Crippen LogP contribution is 2.22. The molecule has 0 spiro atoms. The molecule has 2 aromatic carbocycles. The topological polar surface area (TPSA) is 53.1 Å². The smallest absolute Gasteiger partial charge is 0.124 e. The average molecular weight is 267 g/mol. The standard InChI is InChI=1S/C17H21N3/c1-12-4-7-14(8-5-12)11-20(3)16-10-13(2)6-9-15(16)17(18)19/h4-10H,11H2,1-3H3,(H3,18,19). The molecule has 0 atom stereocenters. The third-order valence-electron chi connectivity index (χ3n) is 3.39. The molecule has 3 heteroatoms. The first kappa shape index (κ1) is 14.1. The molecule has 0 unspecified atom stereocenters. The fourth-order valence-corrected chi connectivity index (χ4v) is 2.24. The second kappa shape index (κ2) is 5.78. The largest absolute Gasteiger partial charge is 0.384 e. The summed E-state index contributed by atoms with van der Waals surface area (Å²) in [4.78, 5) is 2.13. The van der Waals surface area contributed by atoms with E-state index in [1.54, 1.807) is 0 Å². The minimum atomic E-state index is 0.107. The Labute approximate surface area is 120 Å². The lowest BCUT2D eigenvalue weighted by atomic mass is 10.1. The average Bonchev–Trinajstić information content (AvgIpc) is 2.41. The zero-order valence-electron chi connectivity index (χ0n) is 12.3. The highest BCUT2D eigenvalue weighted by Gasteiger charge is 2.10. The van der Waals surface area contributed by atoms with Gasteiger partial charge in [-0.3, -0.25) is 5.41 Å². The molecule has 0 amide bonds. The van der Waals surface area contributed by atoms with Crippen molar-refractivity contribution >= 4 is 11.5 Å². The normalized spacial score (nSPS) is 10.3. The molecule has 3 N–H and O–H groups in total. The number of nitrogen functional groups attached to an aromatic ring is 1. The lowest BCUT2D eigenvalue weighted by molar-refractivity contribution is 0.919. The molecule has 0 aliphatic carbocycles. The van der Waals surface area contributed by atoms with Crippen LogP contribution in [-0.4, -0.2) is 12.9 Å². The molecule has 0 saturated carbocycles. The Bertz CT molecular complexity index is 615. The SMILES string of the molecule is Cc1ccc(CN(C)c2cc(C)ccc2C(=N)N)cc1. The summed E-state index contributed by atoms with van der Waals surface area (Å²) in [5, 5.41) is 7.70. The zero-order valence-corrected chi connectivity index (χ0v) is 12.3. The summed E-state index contributed by atoms with van der Waals surface area (Å²) >= 11 is 0. The van der Waals surface area contributed by atoms with Gasteiger partial charge in [-0.2, -0.15) is 0 Å². The number of benzene rings is 2. The quantitative estimate of drug-likeness (QED) is 0.660. The first-order valence-corrected chi connectivity index (χ1v) is 6.69. The van der Waals surface area contributed by atoms with Crippen LogP contribution in [0.15, 0.2) is 42.5 Å². The number of anilines is 1. The molecule has 104 valence electrons. The van der Waals surface area contributed by atoms with E-state index in [1.807, 2.05) is 26.1 Å². The number of amidine groups is 1. The molecule has 0 aromatic heterocycles. The molecule has 0 bridgehead atoms. The van der Waals surface area contributed by atoms with Crippen molar-refractivity contribution in [1.82, 2.24) is 0 Å². The van der Waals surface area contributed by atoms with Gasteiger partial charge in [0.05, 0.1) is 0 Å². The highest BCUT2D eigenvalue weighted by atomic mass is 15.1. The van der Waals surface area contributed by atoms with E-state index in [4.69, 9.17) is 11.1 Å². The molecular formula is C17H21N3. The first-order chi connectivity index (χ1) is 9.47. The Morgan fingerprint density at radius 2 is 1.65 bits per heavy atom. The summed E-state index contributed by atoms with van der Waals surface area (Å²) in [7, 11) is 2.03. The Hall–Kier alpha value is -2.29. The Morgan fingerprint density at radius 1 is 1.05 bits per heavy atom. The van der Waals surface area contributed by atoms with Gasteiger partial charge in [0.15, 0.2) is 0 Å². The summed E-state index contributed by atoms with van der Waals surface area (Å²) in [5.41, 5.74) is 11.1. The fourth-order valence-electron chi connectivity index (χ4n) is 2.24. The Morgan fingerprint density at radius 3 is 2.25 bits per heavy atom. The van der Waals surface area contributed by atoms with E-state index >= 15 is 0 Å². The summed E-state index contributed by atoms with van der Waals surface area (Å²) < 4.78 is 0. The van der Waals surface area contributed by atoms with Crippen molar-refractivity contribution in [2.24, 2.45) is 5.73 Å². The van der Waals surface area contributed by atoms with Crippen LogP contribution in [-0.2, 0) is 6.54 Å². The van der Waals surface area contributed by atoms with Gasteiger partial charge in [0.1, 0.15) is 5.84 Å². The fraction of sp³-hybridized carbons (Fsp3) is 0.235. The molecule has 3 nitrogen and oxygen atoms in total. The van der Waals surface area contributed by atoms with E-state index in [1.165, 1.54) is 16.7 Å². The van der Waals surface area contributed by atoms with Crippen molar-refractivity contribution in [3.05, 3.63) is 64.7 Å². The number of nitrogens with one attached hydrogen (secondary N) is 1. The molecule has 0 radical (unpaired) electrons. The minimum absolute atomic E-state index is 0.107. The zero-order chi connectivity index (χ0) is 14.7. The van der Waals surface area contributed by atoms with Crippen molar-refractivity contribution in [1.29, 1.82) is 5.41 Å². The van der Waals surface area contributed by atoms with Gasteiger partial charge in [0.25, 0.3) is 0 Å². The summed E-state index contributed by atoms with van der Waals surface area (Å²) in [6.07, 6.45) is 0. The molecule has 2 rings (SSSR count). The van der Waals surface area contributed by atoms with Gasteiger partial charge < -0.3 is 10.6 Å². The van der Waals surface area contributed by atoms with Crippen LogP contribution < -0.4 is 10.6 Å². The van der Waals surface area contributed by atoms with Gasteiger partial charge in [-0.25, -0.2) is 0 Å². The van der Waals surface area contributed by atoms with Crippen LogP contribution in [0.4, 0.5) is 5.69 Å². The number of hydrogen-bond acceptors (Lipinski definition) is 2. The number of hydrogen-bond donors (Lipinski definition) is 2. The van der Waals surface area contributed by atoms with E-state index in [0.29, 0.717) is 0 Å². The number of nitrogens with two attached hydrogens (primary N) is 1. The maximum absolute atomic E-state index is 7.70. The van der Waals surface area contributed by atoms with Gasteiger partial charge in [0, 0.05) is 24.8 Å². The van der Waals surface area contributed by atoms with E-state index in [2.05, 4.69) is 42.2 Å². The van der Waals surface area contributed by atoms with Crippen molar-refractivity contribution in [3.8, 4) is 0 Å².